The molecule has 30 heavy (non-hydrogen) atoms. The fourth-order valence-electron chi connectivity index (χ4n) is 2.99. The smallest absolute Gasteiger partial charge is 0.270 e. The van der Waals surface area contributed by atoms with Crippen LogP contribution in [0.1, 0.15) is 18.2 Å². The molecule has 1 N–H and O–H groups in total. The summed E-state index contributed by atoms with van der Waals surface area (Å²) in [5.41, 5.74) is 1.72. The number of carbonyl (C=O) groups excluding carboxylic acids is 2. The molecule has 0 unspecified atom stereocenters. The number of hydrogen-bond donors (Lipinski definition) is 1. The van der Waals surface area contributed by atoms with Crippen molar-refractivity contribution >= 4 is 52.7 Å². The van der Waals surface area contributed by atoms with Crippen LogP contribution in [0.5, 0.6) is 0 Å². The fraction of sp³-hybridized carbons (Fsp3) is 0.0870. The molecule has 7 heteroatoms. The van der Waals surface area contributed by atoms with Crippen LogP contribution in [0, 0.1) is 0 Å². The van der Waals surface area contributed by atoms with E-state index in [1.54, 1.807) is 12.1 Å². The van der Waals surface area contributed by atoms with Crippen molar-refractivity contribution in [3.05, 3.63) is 83.6 Å². The molecule has 0 spiro atoms. The number of benzene rings is 2. The van der Waals surface area contributed by atoms with Gasteiger partial charge < -0.3 is 4.42 Å². The van der Waals surface area contributed by atoms with E-state index in [0.29, 0.717) is 16.5 Å². The van der Waals surface area contributed by atoms with E-state index < -0.39 is 11.8 Å². The monoisotopic (exact) mass is 434 g/mol. The number of nitrogens with one attached hydrogen (secondary N) is 1. The van der Waals surface area contributed by atoms with Crippen LogP contribution in [0.3, 0.4) is 0 Å². The van der Waals surface area contributed by atoms with Gasteiger partial charge in [-0.25, -0.2) is 0 Å². The van der Waals surface area contributed by atoms with Gasteiger partial charge in [0.15, 0.2) is 10.2 Å². The van der Waals surface area contributed by atoms with Crippen LogP contribution < -0.4 is 10.2 Å². The summed E-state index contributed by atoms with van der Waals surface area (Å²) < 4.78 is 5.79. The summed E-state index contributed by atoms with van der Waals surface area (Å²) in [4.78, 5) is 27.9. The van der Waals surface area contributed by atoms with Gasteiger partial charge in [0.1, 0.15) is 11.3 Å². The van der Waals surface area contributed by atoms with Crippen LogP contribution in [0.15, 0.2) is 86.7 Å². The van der Waals surface area contributed by atoms with Crippen LogP contribution in [0.25, 0.3) is 6.08 Å². The molecule has 150 valence electrons. The first-order valence-electron chi connectivity index (χ1n) is 9.38. The lowest BCUT2D eigenvalue weighted by Crippen LogP contribution is -2.54. The van der Waals surface area contributed by atoms with Gasteiger partial charge in [-0.3, -0.25) is 19.8 Å². The molecular weight excluding hydrogens is 416 g/mol. The third-order valence-corrected chi connectivity index (χ3v) is 5.77. The first-order chi connectivity index (χ1) is 14.5. The molecule has 0 radical (unpaired) electrons. The second-order valence-corrected chi connectivity index (χ2v) is 8.01. The molecule has 5 nitrogen and oxygen atoms in total. The Balaban J connectivity index is 1.59. The standard InChI is InChI=1S/C23H18N2O3S2/c1-2-15-8-10-16(11-9-15)25-22(27)19(21(26)24-23(25)29)14-17-12-13-20(28-17)30-18-6-4-3-5-7-18/h3-14H,2H2,1H3,(H,24,26,29)/b19-14+. The van der Waals surface area contributed by atoms with Crippen LogP contribution in [-0.4, -0.2) is 16.9 Å². The van der Waals surface area contributed by atoms with Crippen molar-refractivity contribution in [2.45, 2.75) is 23.3 Å². The normalized spacial score (nSPS) is 15.6. The van der Waals surface area contributed by atoms with E-state index in [0.717, 1.165) is 16.9 Å². The lowest BCUT2D eigenvalue weighted by atomic mass is 10.1. The molecule has 1 saturated heterocycles. The van der Waals surface area contributed by atoms with Gasteiger partial charge in [0.25, 0.3) is 11.8 Å². The van der Waals surface area contributed by atoms with Crippen molar-refractivity contribution in [3.63, 3.8) is 0 Å². The highest BCUT2D eigenvalue weighted by atomic mass is 32.2. The molecule has 1 aromatic heterocycles. The third kappa shape index (κ3) is 4.22. The Bertz CT molecular complexity index is 1130. The molecule has 2 amide bonds. The molecule has 0 bridgehead atoms. The Hall–Kier alpha value is -3.16. The van der Waals surface area contributed by atoms with Gasteiger partial charge in [0, 0.05) is 4.90 Å². The van der Waals surface area contributed by atoms with Gasteiger partial charge in [0.05, 0.1) is 5.69 Å². The number of furan rings is 1. The lowest BCUT2D eigenvalue weighted by Gasteiger charge is -2.28. The molecule has 0 atom stereocenters. The van der Waals surface area contributed by atoms with Gasteiger partial charge in [-0.2, -0.15) is 0 Å². The van der Waals surface area contributed by atoms with Crippen LogP contribution >= 0.6 is 24.0 Å². The molecule has 1 aliphatic rings. The molecule has 1 fully saturated rings. The molecule has 4 rings (SSSR count). The lowest BCUT2D eigenvalue weighted by molar-refractivity contribution is -0.122. The number of anilines is 1. The number of hydrogen-bond acceptors (Lipinski definition) is 5. The molecule has 2 heterocycles. The first-order valence-corrected chi connectivity index (χ1v) is 10.6. The molecule has 2 aromatic carbocycles. The summed E-state index contributed by atoms with van der Waals surface area (Å²) in [6.07, 6.45) is 2.34. The van der Waals surface area contributed by atoms with Gasteiger partial charge >= 0.3 is 0 Å². The van der Waals surface area contributed by atoms with E-state index in [4.69, 9.17) is 16.6 Å². The van der Waals surface area contributed by atoms with Gasteiger partial charge in [-0.15, -0.1) is 0 Å². The quantitative estimate of drug-likeness (QED) is 0.354. The number of amides is 2. The Morgan fingerprint density at radius 3 is 2.47 bits per heavy atom. The summed E-state index contributed by atoms with van der Waals surface area (Å²) in [7, 11) is 0. The maximum atomic E-state index is 13.1. The fourth-order valence-corrected chi connectivity index (χ4v) is 4.07. The summed E-state index contributed by atoms with van der Waals surface area (Å²) >= 11 is 6.70. The zero-order chi connectivity index (χ0) is 21.1. The zero-order valence-corrected chi connectivity index (χ0v) is 17.8. The van der Waals surface area contributed by atoms with Crippen molar-refractivity contribution in [2.75, 3.05) is 4.90 Å². The van der Waals surface area contributed by atoms with E-state index in [9.17, 15) is 9.59 Å². The summed E-state index contributed by atoms with van der Waals surface area (Å²) in [5, 5.41) is 3.31. The third-order valence-electron chi connectivity index (χ3n) is 4.55. The Labute approximate surface area is 183 Å². The van der Waals surface area contributed by atoms with Gasteiger partial charge in [-0.05, 0) is 66.7 Å². The summed E-state index contributed by atoms with van der Waals surface area (Å²) in [5.74, 6) is -0.609. The average molecular weight is 435 g/mol. The Morgan fingerprint density at radius 2 is 1.77 bits per heavy atom. The van der Waals surface area contributed by atoms with Crippen LogP contribution in [-0.2, 0) is 16.0 Å². The van der Waals surface area contributed by atoms with Gasteiger partial charge in [0.2, 0.25) is 0 Å². The molecule has 3 aromatic rings. The van der Waals surface area contributed by atoms with E-state index in [-0.39, 0.29) is 10.7 Å². The SMILES string of the molecule is CCc1ccc(N2C(=O)/C(=C/c3ccc(Sc4ccccc4)o3)C(=O)NC2=S)cc1. The highest BCUT2D eigenvalue weighted by Crippen LogP contribution is 2.30. The second-order valence-electron chi connectivity index (χ2n) is 6.55. The highest BCUT2D eigenvalue weighted by Gasteiger charge is 2.34. The number of thiocarbonyl (C=S) groups is 1. The van der Waals surface area contributed by atoms with E-state index in [1.807, 2.05) is 54.6 Å². The van der Waals surface area contributed by atoms with E-state index in [2.05, 4.69) is 12.2 Å². The van der Waals surface area contributed by atoms with Crippen molar-refractivity contribution in [2.24, 2.45) is 0 Å². The summed E-state index contributed by atoms with van der Waals surface area (Å²) in [6, 6.07) is 20.8. The number of nitrogens with zero attached hydrogens (tertiary/aromatic N) is 1. The predicted molar refractivity (Wildman–Crippen MR) is 121 cm³/mol. The van der Waals surface area contributed by atoms with Crippen molar-refractivity contribution < 1.29 is 14.0 Å². The molecular formula is C23H18N2O3S2. The highest BCUT2D eigenvalue weighted by molar-refractivity contribution is 7.99. The van der Waals surface area contributed by atoms with Gasteiger partial charge in [-0.1, -0.05) is 49.0 Å². The summed E-state index contributed by atoms with van der Waals surface area (Å²) in [6.45, 7) is 2.06. The van der Waals surface area contributed by atoms with Crippen LogP contribution in [0.4, 0.5) is 5.69 Å². The Morgan fingerprint density at radius 1 is 1.03 bits per heavy atom. The Kier molecular flexibility index (Phi) is 5.83. The van der Waals surface area contributed by atoms with E-state index >= 15 is 0 Å². The zero-order valence-electron chi connectivity index (χ0n) is 16.1. The molecule has 0 aliphatic carbocycles. The molecule has 1 aliphatic heterocycles. The number of carbonyl (C=O) groups is 2. The number of rotatable bonds is 5. The van der Waals surface area contributed by atoms with E-state index in [1.165, 1.54) is 22.7 Å². The maximum Gasteiger partial charge on any atom is 0.270 e. The average Bonchev–Trinajstić information content (AvgIpc) is 3.19. The van der Waals surface area contributed by atoms with Crippen molar-refractivity contribution in [1.29, 1.82) is 0 Å². The first kappa shape index (κ1) is 20.1. The topological polar surface area (TPSA) is 62.6 Å². The number of aryl methyl sites for hydroxylation is 1. The minimum atomic E-state index is -0.542. The minimum absolute atomic E-state index is 0.0335. The second kappa shape index (κ2) is 8.69. The maximum absolute atomic E-state index is 13.1. The minimum Gasteiger partial charge on any atom is -0.450 e. The predicted octanol–water partition coefficient (Wildman–Crippen LogP) is 4.82. The van der Waals surface area contributed by atoms with Crippen LogP contribution in [0.2, 0.25) is 0 Å². The molecule has 0 saturated carbocycles. The van der Waals surface area contributed by atoms with Crippen molar-refractivity contribution in [3.8, 4) is 0 Å². The van der Waals surface area contributed by atoms with Crippen molar-refractivity contribution in [1.82, 2.24) is 5.32 Å². The largest absolute Gasteiger partial charge is 0.450 e.